The molecule has 2 aromatic rings. The van der Waals surface area contributed by atoms with Crippen LogP contribution in [0.5, 0.6) is 5.75 Å². The third-order valence-corrected chi connectivity index (χ3v) is 3.94. The Morgan fingerprint density at radius 1 is 1.21 bits per heavy atom. The van der Waals surface area contributed by atoms with Gasteiger partial charge in [0.25, 0.3) is 0 Å². The second kappa shape index (κ2) is 6.31. The zero-order chi connectivity index (χ0) is 13.8. The average Bonchev–Trinajstić information content (AvgIpc) is 2.46. The molecule has 0 heterocycles. The maximum absolute atomic E-state index is 6.24. The molecule has 0 N–H and O–H groups in total. The minimum Gasteiger partial charge on any atom is -0.497 e. The van der Waals surface area contributed by atoms with Crippen LogP contribution in [0.2, 0.25) is 5.02 Å². The van der Waals surface area contributed by atoms with Crippen molar-refractivity contribution in [3.63, 3.8) is 0 Å². The van der Waals surface area contributed by atoms with E-state index in [9.17, 15) is 0 Å². The fourth-order valence-electron chi connectivity index (χ4n) is 1.95. The second-order valence-corrected chi connectivity index (χ2v) is 5.10. The molecule has 2 nitrogen and oxygen atoms in total. The van der Waals surface area contributed by atoms with E-state index in [2.05, 4.69) is 26.9 Å². The summed E-state index contributed by atoms with van der Waals surface area (Å²) in [7, 11) is 3.69. The van der Waals surface area contributed by atoms with Crippen LogP contribution in [0.3, 0.4) is 0 Å². The van der Waals surface area contributed by atoms with Crippen LogP contribution in [0, 0.1) is 0 Å². The first-order valence-electron chi connectivity index (χ1n) is 5.88. The standard InChI is InChI=1S/C15H15BrClNO/c1-18(11-5-3-6-12(9-11)19-2)15-8-4-7-14(17)13(15)10-16/h3-9H,10H2,1-2H3. The lowest BCUT2D eigenvalue weighted by atomic mass is 10.1. The molecule has 0 spiro atoms. The fourth-order valence-corrected chi connectivity index (χ4v) is 2.94. The molecule has 0 fully saturated rings. The summed E-state index contributed by atoms with van der Waals surface area (Å²) in [5.74, 6) is 0.840. The van der Waals surface area contributed by atoms with Crippen molar-refractivity contribution in [2.24, 2.45) is 0 Å². The number of hydrogen-bond acceptors (Lipinski definition) is 2. The maximum Gasteiger partial charge on any atom is 0.120 e. The number of methoxy groups -OCH3 is 1. The van der Waals surface area contributed by atoms with Crippen molar-refractivity contribution in [3.05, 3.63) is 53.1 Å². The number of hydrogen-bond donors (Lipinski definition) is 0. The number of nitrogens with zero attached hydrogens (tertiary/aromatic N) is 1. The van der Waals surface area contributed by atoms with Crippen LogP contribution in [0.25, 0.3) is 0 Å². The number of alkyl halides is 1. The number of benzene rings is 2. The van der Waals surface area contributed by atoms with Gasteiger partial charge in [0.1, 0.15) is 5.75 Å². The van der Waals surface area contributed by atoms with Gasteiger partial charge >= 0.3 is 0 Å². The highest BCUT2D eigenvalue weighted by Crippen LogP contribution is 2.33. The first kappa shape index (κ1) is 14.2. The molecule has 0 saturated heterocycles. The van der Waals surface area contributed by atoms with E-state index in [4.69, 9.17) is 16.3 Å². The van der Waals surface area contributed by atoms with Crippen LogP contribution in [-0.4, -0.2) is 14.2 Å². The van der Waals surface area contributed by atoms with Crippen molar-refractivity contribution in [2.75, 3.05) is 19.1 Å². The lowest BCUT2D eigenvalue weighted by Crippen LogP contribution is -2.11. The second-order valence-electron chi connectivity index (χ2n) is 4.13. The van der Waals surface area contributed by atoms with E-state index >= 15 is 0 Å². The van der Waals surface area contributed by atoms with E-state index in [0.29, 0.717) is 0 Å². The SMILES string of the molecule is COc1cccc(N(C)c2cccc(Cl)c2CBr)c1. The van der Waals surface area contributed by atoms with Crippen molar-refractivity contribution in [1.29, 1.82) is 0 Å². The minimum absolute atomic E-state index is 0.719. The highest BCUT2D eigenvalue weighted by Gasteiger charge is 2.11. The van der Waals surface area contributed by atoms with Crippen LogP contribution in [0.4, 0.5) is 11.4 Å². The van der Waals surface area contributed by atoms with E-state index in [1.807, 2.05) is 43.4 Å². The summed E-state index contributed by atoms with van der Waals surface area (Å²) in [6.45, 7) is 0. The number of ether oxygens (including phenoxy) is 1. The van der Waals surface area contributed by atoms with Gasteiger partial charge < -0.3 is 9.64 Å². The fraction of sp³-hybridized carbons (Fsp3) is 0.200. The van der Waals surface area contributed by atoms with Crippen molar-refractivity contribution < 1.29 is 4.74 Å². The van der Waals surface area contributed by atoms with E-state index in [-0.39, 0.29) is 0 Å². The molecule has 0 saturated carbocycles. The summed E-state index contributed by atoms with van der Waals surface area (Å²) in [5, 5.41) is 1.49. The smallest absolute Gasteiger partial charge is 0.120 e. The van der Waals surface area contributed by atoms with Gasteiger partial charge in [-0.15, -0.1) is 0 Å². The van der Waals surface area contributed by atoms with Crippen molar-refractivity contribution in [2.45, 2.75) is 5.33 Å². The molecule has 4 heteroatoms. The quantitative estimate of drug-likeness (QED) is 0.725. The average molecular weight is 341 g/mol. The molecule has 0 unspecified atom stereocenters. The lowest BCUT2D eigenvalue weighted by molar-refractivity contribution is 0.415. The monoisotopic (exact) mass is 339 g/mol. The van der Waals surface area contributed by atoms with Crippen LogP contribution >= 0.6 is 27.5 Å². The van der Waals surface area contributed by atoms with Gasteiger partial charge in [0.2, 0.25) is 0 Å². The van der Waals surface area contributed by atoms with Crippen molar-refractivity contribution in [3.8, 4) is 5.75 Å². The van der Waals surface area contributed by atoms with Crippen LogP contribution in [0.1, 0.15) is 5.56 Å². The molecule has 0 aliphatic carbocycles. The van der Waals surface area contributed by atoms with Crippen LogP contribution in [0.15, 0.2) is 42.5 Å². The van der Waals surface area contributed by atoms with Gasteiger partial charge in [0.15, 0.2) is 0 Å². The normalized spacial score (nSPS) is 10.3. The molecule has 0 aliphatic heterocycles. The summed E-state index contributed by atoms with van der Waals surface area (Å²) >= 11 is 9.73. The largest absolute Gasteiger partial charge is 0.497 e. The number of anilines is 2. The first-order chi connectivity index (χ1) is 9.17. The molecule has 0 aliphatic rings. The van der Waals surface area contributed by atoms with Gasteiger partial charge in [0, 0.05) is 40.4 Å². The topological polar surface area (TPSA) is 12.5 Å². The van der Waals surface area contributed by atoms with E-state index in [1.165, 1.54) is 0 Å². The first-order valence-corrected chi connectivity index (χ1v) is 7.38. The zero-order valence-electron chi connectivity index (χ0n) is 10.9. The number of rotatable bonds is 4. The molecule has 0 amide bonds. The Hall–Kier alpha value is -1.19. The molecule has 0 aromatic heterocycles. The Morgan fingerprint density at radius 3 is 2.63 bits per heavy atom. The summed E-state index contributed by atoms with van der Waals surface area (Å²) in [4.78, 5) is 2.10. The minimum atomic E-state index is 0.719. The molecule has 2 aromatic carbocycles. The zero-order valence-corrected chi connectivity index (χ0v) is 13.2. The highest BCUT2D eigenvalue weighted by atomic mass is 79.9. The van der Waals surface area contributed by atoms with Gasteiger partial charge in [-0.25, -0.2) is 0 Å². The van der Waals surface area contributed by atoms with Crippen molar-refractivity contribution >= 4 is 38.9 Å². The number of halogens is 2. The Bertz CT molecular complexity index is 574. The summed E-state index contributed by atoms with van der Waals surface area (Å²) in [5.41, 5.74) is 3.22. The summed E-state index contributed by atoms with van der Waals surface area (Å²) in [6, 6.07) is 13.9. The molecule has 2 rings (SSSR count). The van der Waals surface area contributed by atoms with Crippen LogP contribution < -0.4 is 9.64 Å². The van der Waals surface area contributed by atoms with E-state index in [1.54, 1.807) is 7.11 Å². The van der Waals surface area contributed by atoms with Gasteiger partial charge in [-0.1, -0.05) is 39.7 Å². The molecule has 0 radical (unpaired) electrons. The van der Waals surface area contributed by atoms with Gasteiger partial charge in [0.05, 0.1) is 7.11 Å². The Kier molecular flexibility index (Phi) is 4.72. The van der Waals surface area contributed by atoms with Gasteiger partial charge in [-0.2, -0.15) is 0 Å². The predicted octanol–water partition coefficient (Wildman–Crippen LogP) is 5.01. The Labute approximate surface area is 127 Å². The highest BCUT2D eigenvalue weighted by molar-refractivity contribution is 9.08. The van der Waals surface area contributed by atoms with Crippen molar-refractivity contribution in [1.82, 2.24) is 0 Å². The Morgan fingerprint density at radius 2 is 1.95 bits per heavy atom. The lowest BCUT2D eigenvalue weighted by Gasteiger charge is -2.23. The summed E-state index contributed by atoms with van der Waals surface area (Å²) in [6.07, 6.45) is 0. The van der Waals surface area contributed by atoms with Crippen LogP contribution in [-0.2, 0) is 5.33 Å². The predicted molar refractivity (Wildman–Crippen MR) is 85.1 cm³/mol. The summed E-state index contributed by atoms with van der Waals surface area (Å²) < 4.78 is 5.26. The molecule has 100 valence electrons. The van der Waals surface area contributed by atoms with E-state index < -0.39 is 0 Å². The molecule has 0 atom stereocenters. The third kappa shape index (κ3) is 3.04. The maximum atomic E-state index is 6.24. The van der Waals surface area contributed by atoms with E-state index in [0.717, 1.165) is 33.0 Å². The molecule has 0 bridgehead atoms. The molecular weight excluding hydrogens is 326 g/mol. The van der Waals surface area contributed by atoms with Gasteiger partial charge in [-0.05, 0) is 24.3 Å². The Balaban J connectivity index is 2.43. The third-order valence-electron chi connectivity index (χ3n) is 3.03. The van der Waals surface area contributed by atoms with Gasteiger partial charge in [-0.3, -0.25) is 0 Å². The molecular formula is C15H15BrClNO. The molecule has 19 heavy (non-hydrogen) atoms.